The predicted molar refractivity (Wildman–Crippen MR) is 79.4 cm³/mol. The topological polar surface area (TPSA) is 50.5 Å². The van der Waals surface area contributed by atoms with Crippen LogP contribution in [0.5, 0.6) is 0 Å². The summed E-state index contributed by atoms with van der Waals surface area (Å²) < 4.78 is 32.4. The van der Waals surface area contributed by atoms with Crippen LogP contribution in [0.15, 0.2) is 15.4 Å². The Kier molecular flexibility index (Phi) is 5.15. The van der Waals surface area contributed by atoms with Gasteiger partial charge in [-0.1, -0.05) is 13.3 Å². The fraction of sp³-hybridized carbons (Fsp3) is 0.714. The molecule has 0 bridgehead atoms. The zero-order valence-electron chi connectivity index (χ0n) is 12.1. The number of halogens is 1. The molecule has 2 rings (SSSR count). The highest BCUT2D eigenvalue weighted by Crippen LogP contribution is 2.28. The molecule has 1 unspecified atom stereocenters. The molecule has 114 valence electrons. The fourth-order valence-corrected chi connectivity index (χ4v) is 4.58. The first-order valence-electron chi connectivity index (χ1n) is 7.14. The molecule has 0 radical (unpaired) electrons. The van der Waals surface area contributed by atoms with Gasteiger partial charge in [0.05, 0.1) is 5.88 Å². The van der Waals surface area contributed by atoms with Crippen molar-refractivity contribution in [1.29, 1.82) is 0 Å². The van der Waals surface area contributed by atoms with Crippen LogP contribution >= 0.6 is 11.6 Å². The Morgan fingerprint density at radius 3 is 2.75 bits per heavy atom. The molecule has 0 N–H and O–H groups in total. The van der Waals surface area contributed by atoms with Crippen LogP contribution in [0.4, 0.5) is 0 Å². The van der Waals surface area contributed by atoms with E-state index >= 15 is 0 Å². The zero-order valence-corrected chi connectivity index (χ0v) is 13.6. The van der Waals surface area contributed by atoms with Crippen molar-refractivity contribution in [2.75, 3.05) is 13.1 Å². The van der Waals surface area contributed by atoms with Gasteiger partial charge in [0.2, 0.25) is 10.0 Å². The van der Waals surface area contributed by atoms with E-state index in [1.807, 2.05) is 0 Å². The van der Waals surface area contributed by atoms with Crippen molar-refractivity contribution >= 4 is 21.6 Å². The lowest BCUT2D eigenvalue weighted by molar-refractivity contribution is 0.406. The molecule has 20 heavy (non-hydrogen) atoms. The van der Waals surface area contributed by atoms with E-state index in [4.69, 9.17) is 16.0 Å². The number of hydrogen-bond donors (Lipinski definition) is 0. The molecule has 1 atom stereocenters. The summed E-state index contributed by atoms with van der Waals surface area (Å²) in [5.41, 5.74) is 0. The minimum Gasteiger partial charge on any atom is -0.464 e. The van der Waals surface area contributed by atoms with E-state index in [9.17, 15) is 8.42 Å². The van der Waals surface area contributed by atoms with Crippen LogP contribution in [0.25, 0.3) is 0 Å². The molecule has 0 saturated carbocycles. The first kappa shape index (κ1) is 15.9. The molecule has 0 aromatic carbocycles. The molecule has 1 saturated heterocycles. The summed E-state index contributed by atoms with van der Waals surface area (Å²) in [6, 6.07) is 1.56. The van der Waals surface area contributed by atoms with Gasteiger partial charge in [0, 0.05) is 19.2 Å². The average molecular weight is 320 g/mol. The average Bonchev–Trinajstić information content (AvgIpc) is 2.66. The number of aryl methyl sites for hydroxylation is 1. The number of sulfonamides is 1. The van der Waals surface area contributed by atoms with Crippen LogP contribution in [-0.2, 0) is 15.9 Å². The van der Waals surface area contributed by atoms with Gasteiger partial charge in [-0.3, -0.25) is 0 Å². The van der Waals surface area contributed by atoms with Gasteiger partial charge in [0.15, 0.2) is 0 Å². The van der Waals surface area contributed by atoms with Crippen molar-refractivity contribution in [1.82, 2.24) is 4.31 Å². The van der Waals surface area contributed by atoms with Crippen molar-refractivity contribution in [2.24, 2.45) is 5.92 Å². The summed E-state index contributed by atoms with van der Waals surface area (Å²) in [7, 11) is -3.46. The molecule has 1 fully saturated rings. The third-order valence-corrected chi connectivity index (χ3v) is 6.33. The Balaban J connectivity index is 2.23. The summed E-state index contributed by atoms with van der Waals surface area (Å²) >= 11 is 5.71. The zero-order chi connectivity index (χ0) is 14.8. The van der Waals surface area contributed by atoms with Gasteiger partial charge in [0.25, 0.3) is 0 Å². The molecule has 1 aromatic rings. The number of nitrogens with zero attached hydrogens (tertiary/aromatic N) is 1. The van der Waals surface area contributed by atoms with Crippen LogP contribution in [0.1, 0.15) is 44.1 Å². The third kappa shape index (κ3) is 3.21. The standard InChI is InChI=1S/C14H22ClNO3S/c1-3-12-5-4-7-16(8-6-12)20(17,18)14-9-13(10-15)19-11(14)2/h9,12H,3-8,10H2,1-2H3. The minimum atomic E-state index is -3.46. The van der Waals surface area contributed by atoms with E-state index in [2.05, 4.69) is 6.92 Å². The first-order valence-corrected chi connectivity index (χ1v) is 9.12. The van der Waals surface area contributed by atoms with Gasteiger partial charge in [0.1, 0.15) is 16.4 Å². The van der Waals surface area contributed by atoms with Gasteiger partial charge in [-0.15, -0.1) is 11.6 Å². The van der Waals surface area contributed by atoms with Crippen LogP contribution < -0.4 is 0 Å². The molecular weight excluding hydrogens is 298 g/mol. The molecule has 2 heterocycles. The van der Waals surface area contributed by atoms with Crippen LogP contribution in [0.2, 0.25) is 0 Å². The van der Waals surface area contributed by atoms with Gasteiger partial charge in [-0.05, 0) is 32.1 Å². The lowest BCUT2D eigenvalue weighted by Gasteiger charge is -2.19. The Bertz CT molecular complexity index is 553. The van der Waals surface area contributed by atoms with E-state index in [0.717, 1.165) is 25.7 Å². The smallest absolute Gasteiger partial charge is 0.246 e. The molecule has 6 heteroatoms. The molecule has 0 amide bonds. The molecule has 1 aliphatic heterocycles. The SMILES string of the molecule is CCC1CCCN(S(=O)(=O)c2cc(CCl)oc2C)CC1. The maximum Gasteiger partial charge on any atom is 0.246 e. The Morgan fingerprint density at radius 1 is 1.40 bits per heavy atom. The largest absolute Gasteiger partial charge is 0.464 e. The van der Waals surface area contributed by atoms with Crippen LogP contribution in [-0.4, -0.2) is 25.8 Å². The van der Waals surface area contributed by atoms with Crippen LogP contribution in [0.3, 0.4) is 0 Å². The molecule has 0 spiro atoms. The number of alkyl halides is 1. The molecule has 0 aliphatic carbocycles. The lowest BCUT2D eigenvalue weighted by Crippen LogP contribution is -2.32. The minimum absolute atomic E-state index is 0.189. The highest BCUT2D eigenvalue weighted by Gasteiger charge is 2.30. The normalized spacial score (nSPS) is 21.9. The summed E-state index contributed by atoms with van der Waals surface area (Å²) in [5.74, 6) is 1.76. The van der Waals surface area contributed by atoms with Crippen molar-refractivity contribution in [3.05, 3.63) is 17.6 Å². The van der Waals surface area contributed by atoms with Crippen LogP contribution in [0, 0.1) is 12.8 Å². The molecular formula is C14H22ClNO3S. The summed E-state index contributed by atoms with van der Waals surface area (Å²) in [4.78, 5) is 0.267. The number of hydrogen-bond acceptors (Lipinski definition) is 3. The molecule has 4 nitrogen and oxygen atoms in total. The maximum absolute atomic E-state index is 12.7. The highest BCUT2D eigenvalue weighted by molar-refractivity contribution is 7.89. The van der Waals surface area contributed by atoms with Gasteiger partial charge < -0.3 is 4.42 Å². The second-order valence-corrected chi connectivity index (χ2v) is 7.55. The fourth-order valence-electron chi connectivity index (χ4n) is 2.77. The van der Waals surface area contributed by atoms with Gasteiger partial charge >= 0.3 is 0 Å². The second-order valence-electron chi connectivity index (χ2n) is 5.38. The monoisotopic (exact) mass is 319 g/mol. The van der Waals surface area contributed by atoms with E-state index in [1.165, 1.54) is 0 Å². The Hall–Kier alpha value is -0.520. The van der Waals surface area contributed by atoms with Crippen molar-refractivity contribution in [3.63, 3.8) is 0 Å². The Morgan fingerprint density at radius 2 is 2.15 bits per heavy atom. The lowest BCUT2D eigenvalue weighted by atomic mass is 9.98. The third-order valence-electron chi connectivity index (χ3n) is 4.06. The summed E-state index contributed by atoms with van der Waals surface area (Å²) in [6.45, 7) is 5.04. The van der Waals surface area contributed by atoms with Crippen molar-refractivity contribution in [2.45, 2.75) is 50.3 Å². The molecule has 1 aromatic heterocycles. The van der Waals surface area contributed by atoms with Crippen molar-refractivity contribution in [3.8, 4) is 0 Å². The molecule has 1 aliphatic rings. The Labute approximate surface area is 126 Å². The summed E-state index contributed by atoms with van der Waals surface area (Å²) in [5, 5.41) is 0. The first-order chi connectivity index (χ1) is 9.48. The van der Waals surface area contributed by atoms with Gasteiger partial charge in [-0.25, -0.2) is 8.42 Å². The second kappa shape index (κ2) is 6.50. The van der Waals surface area contributed by atoms with E-state index < -0.39 is 10.0 Å². The van der Waals surface area contributed by atoms with Crippen molar-refractivity contribution < 1.29 is 12.8 Å². The highest BCUT2D eigenvalue weighted by atomic mass is 35.5. The number of rotatable bonds is 4. The summed E-state index contributed by atoms with van der Waals surface area (Å²) in [6.07, 6.45) is 4.10. The van der Waals surface area contributed by atoms with E-state index in [0.29, 0.717) is 30.5 Å². The van der Waals surface area contributed by atoms with Gasteiger partial charge in [-0.2, -0.15) is 4.31 Å². The maximum atomic E-state index is 12.7. The quantitative estimate of drug-likeness (QED) is 0.798. The predicted octanol–water partition coefficient (Wildman–Crippen LogP) is 3.53. The number of furan rings is 1. The van der Waals surface area contributed by atoms with E-state index in [-0.39, 0.29) is 10.8 Å². The van der Waals surface area contributed by atoms with E-state index in [1.54, 1.807) is 17.3 Å².